The van der Waals surface area contributed by atoms with E-state index in [2.05, 4.69) is 5.32 Å². The zero-order chi connectivity index (χ0) is 27.4. The molecule has 9 nitrogen and oxygen atoms in total. The van der Waals surface area contributed by atoms with Crippen LogP contribution in [0.1, 0.15) is 47.1 Å². The van der Waals surface area contributed by atoms with E-state index in [1.807, 2.05) is 25.1 Å². The molecule has 0 spiro atoms. The number of hydrogen-bond donors (Lipinski definition) is 2. The van der Waals surface area contributed by atoms with Crippen molar-refractivity contribution in [3.8, 4) is 11.5 Å². The lowest BCUT2D eigenvalue weighted by atomic mass is 10.0. The smallest absolute Gasteiger partial charge is 0.326 e. The fourth-order valence-corrected chi connectivity index (χ4v) is 6.44. The van der Waals surface area contributed by atoms with Crippen molar-refractivity contribution in [3.05, 3.63) is 59.2 Å². The minimum atomic E-state index is -1.13. The highest BCUT2D eigenvalue weighted by atomic mass is 32.2. The van der Waals surface area contributed by atoms with E-state index in [-0.39, 0.29) is 35.9 Å². The number of carbonyl (C=O) groups is 4. The normalized spacial score (nSPS) is 18.9. The number of aryl methyl sites for hydroxylation is 1. The largest absolute Gasteiger partial charge is 0.480 e. The molecule has 3 atom stereocenters. The fraction of sp³-hybridized carbons (Fsp3) is 0.407. The Morgan fingerprint density at radius 1 is 1.11 bits per heavy atom. The maximum atomic E-state index is 13.5. The summed E-state index contributed by atoms with van der Waals surface area (Å²) in [6, 6.07) is 10.7. The summed E-state index contributed by atoms with van der Waals surface area (Å²) >= 11 is 2.48. The summed E-state index contributed by atoms with van der Waals surface area (Å²) in [5.74, 6) is -0.546. The van der Waals surface area contributed by atoms with Gasteiger partial charge < -0.3 is 24.8 Å². The fourth-order valence-electron chi connectivity index (χ4n) is 4.23. The molecule has 2 heterocycles. The molecule has 2 aromatic rings. The van der Waals surface area contributed by atoms with E-state index >= 15 is 0 Å². The summed E-state index contributed by atoms with van der Waals surface area (Å²) in [6.45, 7) is 5.48. The molecule has 202 valence electrons. The van der Waals surface area contributed by atoms with Gasteiger partial charge in [0.05, 0.1) is 0 Å². The van der Waals surface area contributed by atoms with Gasteiger partial charge in [0.2, 0.25) is 23.7 Å². The molecule has 1 saturated heterocycles. The Morgan fingerprint density at radius 3 is 2.50 bits per heavy atom. The van der Waals surface area contributed by atoms with Crippen LogP contribution in [0.4, 0.5) is 0 Å². The van der Waals surface area contributed by atoms with Gasteiger partial charge >= 0.3 is 5.97 Å². The first-order valence-corrected chi connectivity index (χ1v) is 14.3. The molecule has 0 aromatic heterocycles. The van der Waals surface area contributed by atoms with Crippen molar-refractivity contribution in [2.75, 3.05) is 18.3 Å². The third kappa shape index (κ3) is 6.27. The van der Waals surface area contributed by atoms with Crippen LogP contribution in [-0.2, 0) is 14.4 Å². The lowest BCUT2D eigenvalue weighted by Crippen LogP contribution is -2.53. The number of nitrogens with one attached hydrogen (secondary N) is 1. The molecule has 2 N–H and O–H groups in total. The topological polar surface area (TPSA) is 122 Å². The third-order valence-corrected chi connectivity index (χ3v) is 8.57. The second-order valence-electron chi connectivity index (χ2n) is 9.44. The van der Waals surface area contributed by atoms with Crippen LogP contribution in [0, 0.1) is 12.8 Å². The van der Waals surface area contributed by atoms with Gasteiger partial charge in [0.25, 0.3) is 0 Å². The summed E-state index contributed by atoms with van der Waals surface area (Å²) in [7, 11) is 0. The van der Waals surface area contributed by atoms with Gasteiger partial charge in [0.15, 0.2) is 11.5 Å². The average Bonchev–Trinajstić information content (AvgIpc) is 3.54. The molecule has 0 saturated carbocycles. The van der Waals surface area contributed by atoms with Gasteiger partial charge in [-0.1, -0.05) is 61.5 Å². The van der Waals surface area contributed by atoms with Crippen molar-refractivity contribution < 1.29 is 33.8 Å². The minimum Gasteiger partial charge on any atom is -0.480 e. The van der Waals surface area contributed by atoms with E-state index in [1.165, 1.54) is 16.7 Å². The van der Waals surface area contributed by atoms with Crippen LogP contribution in [-0.4, -0.2) is 63.3 Å². The maximum absolute atomic E-state index is 13.5. The highest BCUT2D eigenvalue weighted by Gasteiger charge is 2.43. The lowest BCUT2D eigenvalue weighted by molar-refractivity contribution is -0.145. The molecule has 1 unspecified atom stereocenters. The highest BCUT2D eigenvalue weighted by Crippen LogP contribution is 2.45. The number of thioether (sulfide) groups is 2. The zero-order valence-electron chi connectivity index (χ0n) is 21.3. The predicted octanol–water partition coefficient (Wildman–Crippen LogP) is 3.86. The number of amides is 2. The maximum Gasteiger partial charge on any atom is 0.326 e. The quantitative estimate of drug-likeness (QED) is 0.472. The van der Waals surface area contributed by atoms with Gasteiger partial charge in [-0.15, -0.1) is 11.8 Å². The molecule has 2 amide bonds. The second kappa shape index (κ2) is 12.1. The van der Waals surface area contributed by atoms with Gasteiger partial charge in [0, 0.05) is 23.5 Å². The molecule has 11 heteroatoms. The summed E-state index contributed by atoms with van der Waals surface area (Å²) in [5.41, 5.74) is 2.38. The number of fused-ring (bicyclic) bond motifs is 1. The average molecular weight is 559 g/mol. The standard InChI is InChI=1S/C27H30N2O7S2/c1-15(2)23(26(32)33)28-24(31)19-13-38-25(18-8-9-20-21(12-18)36-14-35-20)29(19)22(30)10-11-37-27(34)17-6-4-16(3)5-7-17/h4-9,12,15,19,23,25H,10-11,13-14H2,1-3H3,(H,28,31)(H,32,33)/t19-,23-,25?/m0/s1. The van der Waals surface area contributed by atoms with E-state index < -0.39 is 29.3 Å². The number of nitrogens with zero attached hydrogens (tertiary/aromatic N) is 1. The van der Waals surface area contributed by atoms with E-state index in [4.69, 9.17) is 9.47 Å². The van der Waals surface area contributed by atoms with Gasteiger partial charge in [-0.2, -0.15) is 0 Å². The summed E-state index contributed by atoms with van der Waals surface area (Å²) in [6.07, 6.45) is 0.0419. The molecular weight excluding hydrogens is 528 g/mol. The number of carboxylic acids is 1. The number of benzene rings is 2. The van der Waals surface area contributed by atoms with E-state index in [1.54, 1.807) is 38.1 Å². The molecule has 1 fully saturated rings. The summed E-state index contributed by atoms with van der Waals surface area (Å²) in [4.78, 5) is 52.5. The van der Waals surface area contributed by atoms with E-state index in [0.717, 1.165) is 22.9 Å². The first-order valence-electron chi connectivity index (χ1n) is 12.2. The predicted molar refractivity (Wildman–Crippen MR) is 145 cm³/mol. The van der Waals surface area contributed by atoms with Crippen LogP contribution < -0.4 is 14.8 Å². The molecule has 0 radical (unpaired) electrons. The Labute approximate surface area is 229 Å². The summed E-state index contributed by atoms with van der Waals surface area (Å²) in [5, 5.41) is 11.5. The van der Waals surface area contributed by atoms with Crippen LogP contribution >= 0.6 is 23.5 Å². The van der Waals surface area contributed by atoms with Crippen molar-refractivity contribution in [2.45, 2.75) is 44.6 Å². The highest BCUT2D eigenvalue weighted by molar-refractivity contribution is 8.14. The monoisotopic (exact) mass is 558 g/mol. The number of carboxylic acid groups (broad SMARTS) is 1. The first kappa shape index (κ1) is 27.8. The SMILES string of the molecule is Cc1ccc(C(=O)SCCC(=O)N2C(c3ccc4c(c3)OCO4)SC[C@H]2C(=O)N[C@H](C(=O)O)C(C)C)cc1. The van der Waals surface area contributed by atoms with Crippen molar-refractivity contribution >= 4 is 46.4 Å². The lowest BCUT2D eigenvalue weighted by Gasteiger charge is -2.30. The first-order chi connectivity index (χ1) is 18.2. The molecule has 0 bridgehead atoms. The number of carbonyl (C=O) groups excluding carboxylic acids is 3. The van der Waals surface area contributed by atoms with Crippen molar-refractivity contribution in [1.82, 2.24) is 10.2 Å². The van der Waals surface area contributed by atoms with Crippen molar-refractivity contribution in [2.24, 2.45) is 5.92 Å². The molecule has 4 rings (SSSR count). The Hall–Kier alpha value is -3.18. The van der Waals surface area contributed by atoms with Crippen LogP contribution in [0.3, 0.4) is 0 Å². The molecule has 2 aliphatic heterocycles. The number of hydrogen-bond acceptors (Lipinski definition) is 8. The Morgan fingerprint density at radius 2 is 1.82 bits per heavy atom. The molecular formula is C27H30N2O7S2. The molecule has 38 heavy (non-hydrogen) atoms. The molecule has 0 aliphatic carbocycles. The molecule has 2 aromatic carbocycles. The Balaban J connectivity index is 1.50. The number of aliphatic carboxylic acids is 1. The zero-order valence-corrected chi connectivity index (χ0v) is 23.0. The van der Waals surface area contributed by atoms with E-state index in [0.29, 0.717) is 22.8 Å². The van der Waals surface area contributed by atoms with Crippen LogP contribution in [0.15, 0.2) is 42.5 Å². The van der Waals surface area contributed by atoms with Crippen LogP contribution in [0.2, 0.25) is 0 Å². The third-order valence-electron chi connectivity index (χ3n) is 6.34. The van der Waals surface area contributed by atoms with Gasteiger partial charge in [0.1, 0.15) is 17.5 Å². The molecule has 2 aliphatic rings. The van der Waals surface area contributed by atoms with Crippen molar-refractivity contribution in [3.63, 3.8) is 0 Å². The van der Waals surface area contributed by atoms with Gasteiger partial charge in [-0.05, 0) is 30.5 Å². The summed E-state index contributed by atoms with van der Waals surface area (Å²) < 4.78 is 10.9. The van der Waals surface area contributed by atoms with Crippen LogP contribution in [0.5, 0.6) is 11.5 Å². The Bertz CT molecular complexity index is 1220. The van der Waals surface area contributed by atoms with Crippen molar-refractivity contribution in [1.29, 1.82) is 0 Å². The number of rotatable bonds is 9. The second-order valence-corrected chi connectivity index (χ2v) is 11.6. The number of ether oxygens (including phenoxy) is 2. The van der Waals surface area contributed by atoms with Gasteiger partial charge in [-0.25, -0.2) is 4.79 Å². The van der Waals surface area contributed by atoms with E-state index in [9.17, 15) is 24.3 Å². The minimum absolute atomic E-state index is 0.0419. The van der Waals surface area contributed by atoms with Crippen LogP contribution in [0.25, 0.3) is 0 Å². The van der Waals surface area contributed by atoms with Gasteiger partial charge in [-0.3, -0.25) is 14.4 Å². The Kier molecular flexibility index (Phi) is 8.88.